The van der Waals surface area contributed by atoms with Gasteiger partial charge in [0.1, 0.15) is 0 Å². The van der Waals surface area contributed by atoms with Crippen LogP contribution in [0.2, 0.25) is 0 Å². The van der Waals surface area contributed by atoms with Gasteiger partial charge in [-0.2, -0.15) is 4.98 Å². The summed E-state index contributed by atoms with van der Waals surface area (Å²) in [7, 11) is 0. The lowest BCUT2D eigenvalue weighted by molar-refractivity contribution is -0.137. The van der Waals surface area contributed by atoms with Crippen molar-refractivity contribution in [3.8, 4) is 0 Å². The molecule has 0 aromatic carbocycles. The van der Waals surface area contributed by atoms with Crippen LogP contribution in [0.1, 0.15) is 31.0 Å². The van der Waals surface area contributed by atoms with Gasteiger partial charge in [0.05, 0.1) is 12.5 Å². The summed E-state index contributed by atoms with van der Waals surface area (Å²) in [6.45, 7) is 5.68. The minimum atomic E-state index is 0.0372. The molecule has 0 radical (unpaired) electrons. The molecule has 1 saturated carbocycles. The summed E-state index contributed by atoms with van der Waals surface area (Å²) in [6.07, 6.45) is 3.00. The van der Waals surface area contributed by atoms with Gasteiger partial charge in [0.15, 0.2) is 5.82 Å². The van der Waals surface area contributed by atoms with Gasteiger partial charge in [-0.3, -0.25) is 9.69 Å². The first-order valence-electron chi connectivity index (χ1n) is 7.69. The number of nitrogens with zero attached hydrogens (tertiary/aromatic N) is 4. The Morgan fingerprint density at radius 1 is 1.33 bits per heavy atom. The second kappa shape index (κ2) is 6.11. The monoisotopic (exact) mass is 293 g/mol. The highest BCUT2D eigenvalue weighted by atomic mass is 16.5. The first-order valence-corrected chi connectivity index (χ1v) is 7.69. The van der Waals surface area contributed by atoms with Crippen molar-refractivity contribution in [3.63, 3.8) is 0 Å². The van der Waals surface area contributed by atoms with Gasteiger partial charge in [-0.25, -0.2) is 0 Å². The van der Waals surface area contributed by atoms with Gasteiger partial charge in [0.2, 0.25) is 11.8 Å². The van der Waals surface area contributed by atoms with Crippen molar-refractivity contribution in [2.75, 3.05) is 26.2 Å². The third kappa shape index (κ3) is 3.24. The van der Waals surface area contributed by atoms with Crippen LogP contribution < -0.4 is 5.73 Å². The van der Waals surface area contributed by atoms with E-state index in [2.05, 4.69) is 15.0 Å². The van der Waals surface area contributed by atoms with Crippen molar-refractivity contribution < 1.29 is 9.32 Å². The van der Waals surface area contributed by atoms with Crippen molar-refractivity contribution in [1.29, 1.82) is 0 Å². The lowest BCUT2D eigenvalue weighted by atomic mass is 10.0. The second-order valence-electron chi connectivity index (χ2n) is 6.04. The van der Waals surface area contributed by atoms with Crippen LogP contribution in [0.15, 0.2) is 4.52 Å². The van der Waals surface area contributed by atoms with E-state index >= 15 is 0 Å². The van der Waals surface area contributed by atoms with Crippen molar-refractivity contribution in [1.82, 2.24) is 19.9 Å². The van der Waals surface area contributed by atoms with Crippen LogP contribution in [0.25, 0.3) is 0 Å². The number of hydrogen-bond acceptors (Lipinski definition) is 6. The van der Waals surface area contributed by atoms with Crippen LogP contribution in [0.5, 0.6) is 0 Å². The molecular weight excluding hydrogens is 270 g/mol. The summed E-state index contributed by atoms with van der Waals surface area (Å²) in [5.41, 5.74) is 6.03. The molecule has 2 N–H and O–H groups in total. The van der Waals surface area contributed by atoms with Gasteiger partial charge >= 0.3 is 0 Å². The molecule has 2 atom stereocenters. The number of carbonyl (C=O) groups excluding carboxylic acids is 1. The molecule has 116 valence electrons. The van der Waals surface area contributed by atoms with E-state index in [9.17, 15) is 4.79 Å². The number of nitrogens with two attached hydrogens (primary N) is 1. The fourth-order valence-electron chi connectivity index (χ4n) is 3.25. The Bertz CT molecular complexity index is 495. The minimum Gasteiger partial charge on any atom is -0.340 e. The molecule has 7 heteroatoms. The van der Waals surface area contributed by atoms with Gasteiger partial charge in [-0.1, -0.05) is 11.6 Å². The summed E-state index contributed by atoms with van der Waals surface area (Å²) in [6, 6.07) is 0.0527. The molecule has 3 rings (SSSR count). The molecule has 21 heavy (non-hydrogen) atoms. The molecule has 0 spiro atoms. The number of aryl methyl sites for hydroxylation is 1. The maximum Gasteiger partial charge on any atom is 0.240 e. The average Bonchev–Trinajstić information content (AvgIpc) is 3.08. The Balaban J connectivity index is 1.49. The SMILES string of the molecule is Cc1noc(CN2CCN(C(=O)C3CCCC3N)CC2)n1. The normalized spacial score (nSPS) is 27.2. The predicted molar refractivity (Wildman–Crippen MR) is 76.2 cm³/mol. The molecule has 1 amide bonds. The van der Waals surface area contributed by atoms with Gasteiger partial charge in [0, 0.05) is 32.2 Å². The fourth-order valence-corrected chi connectivity index (χ4v) is 3.25. The van der Waals surface area contributed by atoms with Crippen molar-refractivity contribution in [2.45, 2.75) is 38.8 Å². The Labute approximate surface area is 124 Å². The minimum absolute atomic E-state index is 0.0372. The first-order chi connectivity index (χ1) is 10.1. The Hall–Kier alpha value is -1.47. The van der Waals surface area contributed by atoms with E-state index in [0.29, 0.717) is 18.3 Å². The molecule has 1 saturated heterocycles. The number of carbonyl (C=O) groups is 1. The van der Waals surface area contributed by atoms with Crippen LogP contribution in [-0.2, 0) is 11.3 Å². The molecular formula is C14H23N5O2. The van der Waals surface area contributed by atoms with Crippen LogP contribution in [0, 0.1) is 12.8 Å². The van der Waals surface area contributed by atoms with E-state index in [1.54, 1.807) is 0 Å². The number of aromatic nitrogens is 2. The summed E-state index contributed by atoms with van der Waals surface area (Å²) in [5, 5.41) is 3.79. The summed E-state index contributed by atoms with van der Waals surface area (Å²) in [4.78, 5) is 20.9. The van der Waals surface area contributed by atoms with E-state index in [1.165, 1.54) is 0 Å². The molecule has 1 aromatic heterocycles. The van der Waals surface area contributed by atoms with Crippen LogP contribution in [0.3, 0.4) is 0 Å². The van der Waals surface area contributed by atoms with Crippen molar-refractivity contribution in [2.24, 2.45) is 11.7 Å². The molecule has 1 aliphatic heterocycles. The molecule has 7 nitrogen and oxygen atoms in total. The molecule has 2 unspecified atom stereocenters. The number of amides is 1. The highest BCUT2D eigenvalue weighted by Gasteiger charge is 2.34. The zero-order chi connectivity index (χ0) is 14.8. The van der Waals surface area contributed by atoms with E-state index < -0.39 is 0 Å². The standard InChI is InChI=1S/C14H23N5O2/c1-10-16-13(21-17-10)9-18-5-7-19(8-6-18)14(20)11-3-2-4-12(11)15/h11-12H,2-9,15H2,1H3. The smallest absolute Gasteiger partial charge is 0.240 e. The Morgan fingerprint density at radius 3 is 2.67 bits per heavy atom. The summed E-state index contributed by atoms with van der Waals surface area (Å²) < 4.78 is 5.14. The van der Waals surface area contributed by atoms with E-state index in [0.717, 1.165) is 45.4 Å². The summed E-state index contributed by atoms with van der Waals surface area (Å²) in [5.74, 6) is 1.59. The first kappa shape index (κ1) is 14.5. The quantitative estimate of drug-likeness (QED) is 0.853. The lowest BCUT2D eigenvalue weighted by Gasteiger charge is -2.35. The zero-order valence-electron chi connectivity index (χ0n) is 12.5. The maximum absolute atomic E-state index is 12.5. The topological polar surface area (TPSA) is 88.5 Å². The molecule has 1 aromatic rings. The summed E-state index contributed by atoms with van der Waals surface area (Å²) >= 11 is 0. The predicted octanol–water partition coefficient (Wildman–Crippen LogP) is 0.150. The lowest BCUT2D eigenvalue weighted by Crippen LogP contribution is -2.51. The molecule has 2 aliphatic rings. The van der Waals surface area contributed by atoms with Gasteiger partial charge in [-0.15, -0.1) is 0 Å². The third-order valence-electron chi connectivity index (χ3n) is 4.50. The van der Waals surface area contributed by atoms with Gasteiger partial charge < -0.3 is 15.2 Å². The molecule has 0 bridgehead atoms. The van der Waals surface area contributed by atoms with E-state index in [-0.39, 0.29) is 17.9 Å². The highest BCUT2D eigenvalue weighted by molar-refractivity contribution is 5.80. The maximum atomic E-state index is 12.5. The van der Waals surface area contributed by atoms with Crippen molar-refractivity contribution in [3.05, 3.63) is 11.7 Å². The average molecular weight is 293 g/mol. The molecule has 2 heterocycles. The zero-order valence-corrected chi connectivity index (χ0v) is 12.5. The fraction of sp³-hybridized carbons (Fsp3) is 0.786. The van der Waals surface area contributed by atoms with Crippen LogP contribution >= 0.6 is 0 Å². The van der Waals surface area contributed by atoms with E-state index in [1.807, 2.05) is 11.8 Å². The van der Waals surface area contributed by atoms with E-state index in [4.69, 9.17) is 10.3 Å². The number of hydrogen-bond donors (Lipinski definition) is 1. The van der Waals surface area contributed by atoms with Gasteiger partial charge in [0.25, 0.3) is 0 Å². The second-order valence-corrected chi connectivity index (χ2v) is 6.04. The number of piperazine rings is 1. The third-order valence-corrected chi connectivity index (χ3v) is 4.50. The van der Waals surface area contributed by atoms with Gasteiger partial charge in [-0.05, 0) is 19.8 Å². The van der Waals surface area contributed by atoms with Crippen LogP contribution in [-0.4, -0.2) is 58.1 Å². The number of rotatable bonds is 3. The Kier molecular flexibility index (Phi) is 4.21. The highest BCUT2D eigenvalue weighted by Crippen LogP contribution is 2.26. The molecule has 1 aliphatic carbocycles. The van der Waals surface area contributed by atoms with Crippen LogP contribution in [0.4, 0.5) is 0 Å². The molecule has 2 fully saturated rings. The van der Waals surface area contributed by atoms with Crippen molar-refractivity contribution >= 4 is 5.91 Å². The largest absolute Gasteiger partial charge is 0.340 e. The Morgan fingerprint density at radius 2 is 2.10 bits per heavy atom.